The van der Waals surface area contributed by atoms with Gasteiger partial charge in [-0.15, -0.1) is 0 Å². The summed E-state index contributed by atoms with van der Waals surface area (Å²) in [5.74, 6) is 0.0789. The monoisotopic (exact) mass is 433 g/mol. The molecule has 0 aliphatic carbocycles. The van der Waals surface area contributed by atoms with Crippen LogP contribution in [0.15, 0.2) is 48.8 Å². The molecule has 1 aliphatic heterocycles. The van der Waals surface area contributed by atoms with Crippen LogP contribution in [0.2, 0.25) is 0 Å². The van der Waals surface area contributed by atoms with Crippen molar-refractivity contribution in [2.45, 2.75) is 25.8 Å². The summed E-state index contributed by atoms with van der Waals surface area (Å²) in [5, 5.41) is 2.92. The predicted octanol–water partition coefficient (Wildman–Crippen LogP) is 2.70. The number of amides is 1. The molecular formula is C23H27N7O2. The van der Waals surface area contributed by atoms with Gasteiger partial charge in [-0.25, -0.2) is 9.97 Å². The fourth-order valence-electron chi connectivity index (χ4n) is 3.75. The molecule has 0 saturated carbocycles. The molecule has 1 aliphatic rings. The second kappa shape index (κ2) is 9.61. The van der Waals surface area contributed by atoms with E-state index < -0.39 is 5.91 Å². The summed E-state index contributed by atoms with van der Waals surface area (Å²) >= 11 is 0. The summed E-state index contributed by atoms with van der Waals surface area (Å²) in [5.41, 5.74) is 15.2. The molecule has 0 radical (unpaired) electrons. The predicted molar refractivity (Wildman–Crippen MR) is 125 cm³/mol. The van der Waals surface area contributed by atoms with E-state index >= 15 is 0 Å². The third-order valence-corrected chi connectivity index (χ3v) is 5.26. The molecule has 0 unspecified atom stereocenters. The van der Waals surface area contributed by atoms with Crippen LogP contribution in [-0.4, -0.2) is 46.6 Å². The van der Waals surface area contributed by atoms with Crippen molar-refractivity contribution in [3.8, 4) is 17.3 Å². The minimum Gasteiger partial charge on any atom is -0.478 e. The molecule has 1 saturated heterocycles. The first-order chi connectivity index (χ1) is 15.5. The number of nitrogens with zero attached hydrogens (tertiary/aromatic N) is 4. The van der Waals surface area contributed by atoms with Crippen molar-refractivity contribution >= 4 is 23.0 Å². The molecule has 3 aromatic heterocycles. The van der Waals surface area contributed by atoms with Gasteiger partial charge in [0.05, 0.1) is 41.3 Å². The Morgan fingerprint density at radius 3 is 2.88 bits per heavy atom. The van der Waals surface area contributed by atoms with Crippen molar-refractivity contribution in [3.63, 3.8) is 0 Å². The summed E-state index contributed by atoms with van der Waals surface area (Å²) in [7, 11) is 0. The second-order valence-electron chi connectivity index (χ2n) is 7.62. The van der Waals surface area contributed by atoms with Gasteiger partial charge < -0.3 is 26.4 Å². The van der Waals surface area contributed by atoms with E-state index in [2.05, 4.69) is 25.2 Å². The molecular weight excluding hydrogens is 406 g/mol. The number of rotatable bonds is 6. The number of hydrogen-bond donors (Lipinski definition) is 3. The number of hydrogen-bond acceptors (Lipinski definition) is 8. The van der Waals surface area contributed by atoms with Crippen LogP contribution in [0.1, 0.15) is 30.3 Å². The smallest absolute Gasteiger partial charge is 0.276 e. The molecule has 1 fully saturated rings. The molecule has 0 aromatic carbocycles. The Balaban J connectivity index is 1.60. The first kappa shape index (κ1) is 21.5. The van der Waals surface area contributed by atoms with Crippen LogP contribution in [0.5, 0.6) is 5.88 Å². The van der Waals surface area contributed by atoms with E-state index in [1.807, 2.05) is 25.1 Å². The number of carbonyl (C=O) groups excluding carboxylic acids is 1. The minimum absolute atomic E-state index is 0.106. The highest BCUT2D eigenvalue weighted by molar-refractivity contribution is 6.07. The number of nitrogens with one attached hydrogen (secondary N) is 1. The largest absolute Gasteiger partial charge is 0.478 e. The van der Waals surface area contributed by atoms with Gasteiger partial charge in [-0.05, 0) is 44.0 Å². The van der Waals surface area contributed by atoms with Gasteiger partial charge in [0.1, 0.15) is 0 Å². The van der Waals surface area contributed by atoms with Crippen LogP contribution in [0.4, 0.5) is 17.1 Å². The fourth-order valence-corrected chi connectivity index (χ4v) is 3.75. The maximum atomic E-state index is 13.1. The zero-order valence-electron chi connectivity index (χ0n) is 18.0. The lowest BCUT2D eigenvalue weighted by molar-refractivity contribution is 0.102. The van der Waals surface area contributed by atoms with E-state index in [9.17, 15) is 4.79 Å². The Morgan fingerprint density at radius 1 is 1.22 bits per heavy atom. The highest BCUT2D eigenvalue weighted by atomic mass is 16.5. The molecule has 0 spiro atoms. The minimum atomic E-state index is -0.416. The summed E-state index contributed by atoms with van der Waals surface area (Å²) < 4.78 is 5.46. The van der Waals surface area contributed by atoms with E-state index in [4.69, 9.17) is 16.2 Å². The quantitative estimate of drug-likeness (QED) is 0.540. The van der Waals surface area contributed by atoms with Crippen molar-refractivity contribution in [1.82, 2.24) is 15.0 Å². The van der Waals surface area contributed by atoms with Gasteiger partial charge in [0.2, 0.25) is 5.88 Å². The number of nitrogens with two attached hydrogens (primary N) is 2. The average Bonchev–Trinajstić information content (AvgIpc) is 2.80. The zero-order valence-corrected chi connectivity index (χ0v) is 18.0. The van der Waals surface area contributed by atoms with Crippen molar-refractivity contribution < 1.29 is 9.53 Å². The van der Waals surface area contributed by atoms with Gasteiger partial charge >= 0.3 is 0 Å². The molecule has 1 amide bonds. The van der Waals surface area contributed by atoms with Crippen LogP contribution < -0.4 is 26.4 Å². The van der Waals surface area contributed by atoms with Crippen LogP contribution in [0, 0.1) is 0 Å². The van der Waals surface area contributed by atoms with E-state index in [0.29, 0.717) is 29.6 Å². The van der Waals surface area contributed by atoms with E-state index in [-0.39, 0.29) is 17.4 Å². The van der Waals surface area contributed by atoms with E-state index in [1.54, 1.807) is 30.6 Å². The number of nitrogen functional groups attached to an aromatic ring is 1. The Hall–Kier alpha value is -3.72. The molecule has 4 heterocycles. The molecule has 32 heavy (non-hydrogen) atoms. The highest BCUT2D eigenvalue weighted by Gasteiger charge is 2.21. The molecule has 0 bridgehead atoms. The zero-order chi connectivity index (χ0) is 22.5. The maximum absolute atomic E-state index is 13.1. The summed E-state index contributed by atoms with van der Waals surface area (Å²) in [6, 6.07) is 10.8. The van der Waals surface area contributed by atoms with Gasteiger partial charge in [-0.2, -0.15) is 0 Å². The summed E-state index contributed by atoms with van der Waals surface area (Å²) in [4.78, 5) is 28.4. The summed E-state index contributed by atoms with van der Waals surface area (Å²) in [6.07, 6.45) is 5.33. The molecule has 166 valence electrons. The van der Waals surface area contributed by atoms with Crippen LogP contribution >= 0.6 is 0 Å². The Kier molecular flexibility index (Phi) is 6.46. The Labute approximate surface area is 186 Å². The number of piperidine rings is 1. The van der Waals surface area contributed by atoms with Gasteiger partial charge in [-0.1, -0.05) is 6.07 Å². The van der Waals surface area contributed by atoms with Crippen molar-refractivity contribution in [2.24, 2.45) is 5.73 Å². The summed E-state index contributed by atoms with van der Waals surface area (Å²) in [6.45, 7) is 4.00. The van der Waals surface area contributed by atoms with Gasteiger partial charge in [-0.3, -0.25) is 9.78 Å². The standard InChI is InChI=1S/C23H27N7O2/c1-2-32-21-7-3-6-17(27-21)18-9-8-16(25)22(28-18)23(31)29-19-13-26-11-10-20(19)30-12-4-5-15(24)14-30/h3,6-11,13,15H,2,4-5,12,14,24-25H2,1H3,(H,29,31)/t15-/m0/s1. The second-order valence-corrected chi connectivity index (χ2v) is 7.62. The molecule has 4 rings (SSSR count). The van der Waals surface area contributed by atoms with E-state index in [0.717, 1.165) is 31.6 Å². The van der Waals surface area contributed by atoms with Crippen molar-refractivity contribution in [3.05, 3.63) is 54.5 Å². The van der Waals surface area contributed by atoms with Crippen LogP contribution in [-0.2, 0) is 0 Å². The Bertz CT molecular complexity index is 1110. The molecule has 1 atom stereocenters. The van der Waals surface area contributed by atoms with Crippen molar-refractivity contribution in [1.29, 1.82) is 0 Å². The number of ether oxygens (including phenoxy) is 1. The normalized spacial score (nSPS) is 15.9. The topological polar surface area (TPSA) is 132 Å². The molecule has 9 nitrogen and oxygen atoms in total. The van der Waals surface area contributed by atoms with Gasteiger partial charge in [0, 0.05) is 31.4 Å². The lowest BCUT2D eigenvalue weighted by Crippen LogP contribution is -2.43. The number of carbonyl (C=O) groups is 1. The third kappa shape index (κ3) is 4.78. The molecule has 5 N–H and O–H groups in total. The van der Waals surface area contributed by atoms with Gasteiger partial charge in [0.15, 0.2) is 5.69 Å². The van der Waals surface area contributed by atoms with E-state index in [1.165, 1.54) is 0 Å². The SMILES string of the molecule is CCOc1cccc(-c2ccc(N)c(C(=O)Nc3cnccc3N3CCC[C@H](N)C3)n2)n1. The lowest BCUT2D eigenvalue weighted by Gasteiger charge is -2.33. The fraction of sp³-hybridized carbons (Fsp3) is 0.304. The van der Waals surface area contributed by atoms with Crippen molar-refractivity contribution in [2.75, 3.05) is 35.6 Å². The number of aromatic nitrogens is 3. The number of anilines is 3. The highest BCUT2D eigenvalue weighted by Crippen LogP contribution is 2.28. The molecule has 3 aromatic rings. The molecule has 9 heteroatoms. The number of pyridine rings is 3. The third-order valence-electron chi connectivity index (χ3n) is 5.26. The first-order valence-electron chi connectivity index (χ1n) is 10.7. The van der Waals surface area contributed by atoms with Gasteiger partial charge in [0.25, 0.3) is 5.91 Å². The first-order valence-corrected chi connectivity index (χ1v) is 10.7. The maximum Gasteiger partial charge on any atom is 0.276 e. The van der Waals surface area contributed by atoms with Crippen LogP contribution in [0.25, 0.3) is 11.4 Å². The lowest BCUT2D eigenvalue weighted by atomic mass is 10.1. The Morgan fingerprint density at radius 2 is 2.06 bits per heavy atom. The average molecular weight is 434 g/mol. The van der Waals surface area contributed by atoms with Crippen LogP contribution in [0.3, 0.4) is 0 Å².